The van der Waals surface area contributed by atoms with Crippen molar-refractivity contribution in [2.75, 3.05) is 14.1 Å². The number of hydrogen-bond donors (Lipinski definition) is 3. The minimum atomic E-state index is -0.326. The molecule has 2 aromatic rings. The van der Waals surface area contributed by atoms with E-state index in [0.29, 0.717) is 12.1 Å². The van der Waals surface area contributed by atoms with Crippen LogP contribution in [0.25, 0.3) is 0 Å². The van der Waals surface area contributed by atoms with E-state index in [1.165, 1.54) is 0 Å². The maximum absolute atomic E-state index is 12.5. The van der Waals surface area contributed by atoms with Crippen molar-refractivity contribution in [1.29, 1.82) is 5.41 Å². The summed E-state index contributed by atoms with van der Waals surface area (Å²) in [5.41, 5.74) is 8.03. The third-order valence-electron chi connectivity index (χ3n) is 3.61. The third-order valence-corrected chi connectivity index (χ3v) is 3.61. The largest absolute Gasteiger partial charge is 0.384 e. The molecule has 0 bridgehead atoms. The Morgan fingerprint density at radius 2 is 1.74 bits per heavy atom. The van der Waals surface area contributed by atoms with E-state index < -0.39 is 0 Å². The van der Waals surface area contributed by atoms with E-state index in [0.717, 1.165) is 11.1 Å². The lowest BCUT2D eigenvalue weighted by Crippen LogP contribution is -2.36. The second-order valence-corrected chi connectivity index (χ2v) is 5.61. The van der Waals surface area contributed by atoms with Gasteiger partial charge in [0.15, 0.2) is 0 Å². The van der Waals surface area contributed by atoms with Gasteiger partial charge in [-0.2, -0.15) is 0 Å². The van der Waals surface area contributed by atoms with Crippen molar-refractivity contribution < 1.29 is 4.79 Å². The van der Waals surface area contributed by atoms with Gasteiger partial charge in [0.25, 0.3) is 0 Å². The number of rotatable bonds is 6. The zero-order chi connectivity index (χ0) is 16.8. The molecule has 1 unspecified atom stereocenters. The molecule has 2 aromatic carbocycles. The van der Waals surface area contributed by atoms with Crippen molar-refractivity contribution in [2.45, 2.75) is 12.6 Å². The molecule has 0 aliphatic carbocycles. The van der Waals surface area contributed by atoms with E-state index in [1.54, 1.807) is 12.1 Å². The highest BCUT2D eigenvalue weighted by atomic mass is 16.2. The number of nitrogens with zero attached hydrogens (tertiary/aromatic N) is 1. The highest BCUT2D eigenvalue weighted by molar-refractivity contribution is 5.94. The van der Waals surface area contributed by atoms with E-state index in [2.05, 4.69) is 5.32 Å². The summed E-state index contributed by atoms with van der Waals surface area (Å²) in [4.78, 5) is 14.4. The molecular weight excluding hydrogens is 288 g/mol. The van der Waals surface area contributed by atoms with Crippen molar-refractivity contribution in [3.05, 3.63) is 71.3 Å². The lowest BCUT2D eigenvalue weighted by Gasteiger charge is -2.23. The van der Waals surface area contributed by atoms with Gasteiger partial charge in [-0.1, -0.05) is 54.6 Å². The van der Waals surface area contributed by atoms with Crippen LogP contribution in [0.4, 0.5) is 0 Å². The first-order valence-corrected chi connectivity index (χ1v) is 7.41. The molecule has 0 aliphatic heterocycles. The number of nitrogens with one attached hydrogen (secondary N) is 2. The highest BCUT2D eigenvalue weighted by Crippen LogP contribution is 2.18. The van der Waals surface area contributed by atoms with Crippen LogP contribution in [0, 0.1) is 5.41 Å². The maximum atomic E-state index is 12.5. The van der Waals surface area contributed by atoms with E-state index in [-0.39, 0.29) is 17.8 Å². The molecule has 4 N–H and O–H groups in total. The first-order chi connectivity index (χ1) is 11.0. The first-order valence-electron chi connectivity index (χ1n) is 7.41. The monoisotopic (exact) mass is 310 g/mol. The van der Waals surface area contributed by atoms with Crippen LogP contribution in [0.1, 0.15) is 22.7 Å². The summed E-state index contributed by atoms with van der Waals surface area (Å²) in [6.45, 7) is 0.439. The van der Waals surface area contributed by atoms with Crippen LogP contribution in [0.2, 0.25) is 0 Å². The summed E-state index contributed by atoms with van der Waals surface area (Å²) in [6.07, 6.45) is 0. The maximum Gasteiger partial charge on any atom is 0.242 e. The Morgan fingerprint density at radius 1 is 1.13 bits per heavy atom. The molecule has 1 atom stereocenters. The van der Waals surface area contributed by atoms with Crippen molar-refractivity contribution in [3.8, 4) is 0 Å². The number of amidine groups is 1. The van der Waals surface area contributed by atoms with Gasteiger partial charge in [-0.25, -0.2) is 0 Å². The fraction of sp³-hybridized carbons (Fsp3) is 0.222. The number of nitrogens with two attached hydrogens (primary N) is 1. The Hall–Kier alpha value is -2.66. The molecule has 0 fully saturated rings. The smallest absolute Gasteiger partial charge is 0.242 e. The van der Waals surface area contributed by atoms with Gasteiger partial charge >= 0.3 is 0 Å². The summed E-state index contributed by atoms with van der Waals surface area (Å²) in [5.74, 6) is -0.00539. The number of nitrogen functional groups attached to an aromatic ring is 1. The molecule has 0 heterocycles. The fourth-order valence-corrected chi connectivity index (χ4v) is 2.41. The molecule has 1 amide bonds. The fourth-order valence-electron chi connectivity index (χ4n) is 2.41. The zero-order valence-electron chi connectivity index (χ0n) is 13.4. The van der Waals surface area contributed by atoms with Gasteiger partial charge < -0.3 is 11.1 Å². The first kappa shape index (κ1) is 16.7. The summed E-state index contributed by atoms with van der Waals surface area (Å²) in [6, 6.07) is 16.7. The summed E-state index contributed by atoms with van der Waals surface area (Å²) in [7, 11) is 3.78. The van der Waals surface area contributed by atoms with Gasteiger partial charge in [0.05, 0.1) is 0 Å². The van der Waals surface area contributed by atoms with Gasteiger partial charge in [0.1, 0.15) is 11.9 Å². The lowest BCUT2D eigenvalue weighted by molar-refractivity contribution is -0.125. The van der Waals surface area contributed by atoms with Crippen LogP contribution < -0.4 is 11.1 Å². The van der Waals surface area contributed by atoms with Crippen LogP contribution in [0.15, 0.2) is 54.6 Å². The van der Waals surface area contributed by atoms with Gasteiger partial charge in [-0.05, 0) is 25.2 Å². The second kappa shape index (κ2) is 7.56. The number of amides is 1. The lowest BCUT2D eigenvalue weighted by atomic mass is 10.1. The molecule has 0 radical (unpaired) electrons. The van der Waals surface area contributed by atoms with Crippen molar-refractivity contribution in [1.82, 2.24) is 10.2 Å². The molecule has 120 valence electrons. The number of benzene rings is 2. The molecule has 5 heteroatoms. The predicted octanol–water partition coefficient (Wildman–Crippen LogP) is 1.89. The predicted molar refractivity (Wildman–Crippen MR) is 92.2 cm³/mol. The van der Waals surface area contributed by atoms with E-state index in [4.69, 9.17) is 11.1 Å². The van der Waals surface area contributed by atoms with Crippen LogP contribution in [0.5, 0.6) is 0 Å². The topological polar surface area (TPSA) is 82.2 Å². The molecule has 0 saturated carbocycles. The van der Waals surface area contributed by atoms with Crippen LogP contribution in [0.3, 0.4) is 0 Å². The summed E-state index contributed by atoms with van der Waals surface area (Å²) >= 11 is 0. The average molecular weight is 310 g/mol. The van der Waals surface area contributed by atoms with Crippen molar-refractivity contribution in [2.24, 2.45) is 5.73 Å². The van der Waals surface area contributed by atoms with E-state index in [1.807, 2.05) is 61.5 Å². The molecule has 0 saturated heterocycles. The summed E-state index contributed by atoms with van der Waals surface area (Å²) < 4.78 is 0. The van der Waals surface area contributed by atoms with Gasteiger partial charge in [-0.15, -0.1) is 0 Å². The van der Waals surface area contributed by atoms with Gasteiger partial charge in [0.2, 0.25) is 5.91 Å². The van der Waals surface area contributed by atoms with Gasteiger partial charge in [0, 0.05) is 12.1 Å². The zero-order valence-corrected chi connectivity index (χ0v) is 13.4. The molecule has 2 rings (SSSR count). The Balaban J connectivity index is 2.03. The molecular formula is C18H22N4O. The molecule has 5 nitrogen and oxygen atoms in total. The van der Waals surface area contributed by atoms with Crippen LogP contribution >= 0.6 is 0 Å². The Kier molecular flexibility index (Phi) is 5.49. The number of hydrogen-bond acceptors (Lipinski definition) is 3. The minimum absolute atomic E-state index is 0.0392. The molecule has 0 aliphatic rings. The number of likely N-dealkylation sites (N-methyl/N-ethyl adjacent to an activating group) is 1. The quantitative estimate of drug-likeness (QED) is 0.563. The highest BCUT2D eigenvalue weighted by Gasteiger charge is 2.22. The van der Waals surface area contributed by atoms with Crippen molar-refractivity contribution >= 4 is 11.7 Å². The number of carbonyl (C=O) groups is 1. The van der Waals surface area contributed by atoms with Crippen LogP contribution in [-0.4, -0.2) is 30.7 Å². The molecule has 0 spiro atoms. The summed E-state index contributed by atoms with van der Waals surface area (Å²) in [5, 5.41) is 10.3. The van der Waals surface area contributed by atoms with E-state index >= 15 is 0 Å². The molecule has 0 aromatic heterocycles. The van der Waals surface area contributed by atoms with Crippen LogP contribution in [-0.2, 0) is 11.3 Å². The normalized spacial score (nSPS) is 12.0. The Labute approximate surface area is 136 Å². The third kappa shape index (κ3) is 4.40. The Bertz CT molecular complexity index is 665. The second-order valence-electron chi connectivity index (χ2n) is 5.61. The average Bonchev–Trinajstić information content (AvgIpc) is 2.54. The standard InChI is InChI=1S/C18H22N4O/c1-22(2)16(14-6-4-3-5-7-14)18(23)21-12-13-8-10-15(11-9-13)17(19)20/h3-11,16H,12H2,1-2H3,(H3,19,20)(H,21,23). The van der Waals surface area contributed by atoms with E-state index in [9.17, 15) is 4.79 Å². The minimum Gasteiger partial charge on any atom is -0.384 e. The molecule has 23 heavy (non-hydrogen) atoms. The Morgan fingerprint density at radius 3 is 2.26 bits per heavy atom. The SMILES string of the molecule is CN(C)C(C(=O)NCc1ccc(C(=N)N)cc1)c1ccccc1. The number of carbonyl (C=O) groups excluding carboxylic acids is 1. The van der Waals surface area contributed by atoms with Crippen molar-refractivity contribution in [3.63, 3.8) is 0 Å². The van der Waals surface area contributed by atoms with Gasteiger partial charge in [-0.3, -0.25) is 15.1 Å².